The number of aliphatic hydroxyl groups is 1. The van der Waals surface area contributed by atoms with E-state index in [2.05, 4.69) is 15.9 Å². The van der Waals surface area contributed by atoms with E-state index in [0.717, 1.165) is 23.7 Å². The predicted molar refractivity (Wildman–Crippen MR) is 60.5 cm³/mol. The van der Waals surface area contributed by atoms with Gasteiger partial charge in [-0.15, -0.1) is 0 Å². The van der Waals surface area contributed by atoms with Gasteiger partial charge in [-0.2, -0.15) is 0 Å². The number of hydrogen-bond acceptors (Lipinski definition) is 2. The summed E-state index contributed by atoms with van der Waals surface area (Å²) in [5.74, 6) is -0.0752. The van der Waals surface area contributed by atoms with Crippen molar-refractivity contribution in [3.05, 3.63) is 28.5 Å². The zero-order valence-corrected chi connectivity index (χ0v) is 9.96. The van der Waals surface area contributed by atoms with Gasteiger partial charge in [0.05, 0.1) is 6.61 Å². The minimum absolute atomic E-state index is 0.200. The highest BCUT2D eigenvalue weighted by molar-refractivity contribution is 9.10. The average molecular weight is 277 g/mol. The fourth-order valence-electron chi connectivity index (χ4n) is 1.16. The molecule has 0 aliphatic rings. The summed E-state index contributed by atoms with van der Waals surface area (Å²) in [5.41, 5.74) is 0. The van der Waals surface area contributed by atoms with Crippen LogP contribution in [0, 0.1) is 5.82 Å². The van der Waals surface area contributed by atoms with E-state index in [0.29, 0.717) is 6.61 Å². The largest absolute Gasteiger partial charge is 0.490 e. The van der Waals surface area contributed by atoms with E-state index < -0.39 is 0 Å². The third kappa shape index (κ3) is 4.62. The van der Waals surface area contributed by atoms with Crippen molar-refractivity contribution in [2.45, 2.75) is 19.3 Å². The first-order valence-electron chi connectivity index (χ1n) is 4.93. The van der Waals surface area contributed by atoms with Gasteiger partial charge >= 0.3 is 0 Å². The fourth-order valence-corrected chi connectivity index (χ4v) is 1.50. The Balaban J connectivity index is 2.33. The molecular weight excluding hydrogens is 263 g/mol. The quantitative estimate of drug-likeness (QED) is 0.809. The molecule has 15 heavy (non-hydrogen) atoms. The molecule has 0 saturated carbocycles. The summed E-state index contributed by atoms with van der Waals surface area (Å²) in [4.78, 5) is 0. The molecule has 1 rings (SSSR count). The van der Waals surface area contributed by atoms with Crippen LogP contribution >= 0.6 is 15.9 Å². The third-order valence-electron chi connectivity index (χ3n) is 1.95. The Kier molecular flexibility index (Phi) is 5.65. The van der Waals surface area contributed by atoms with Crippen molar-refractivity contribution < 1.29 is 14.2 Å². The Morgan fingerprint density at radius 3 is 2.80 bits per heavy atom. The monoisotopic (exact) mass is 276 g/mol. The van der Waals surface area contributed by atoms with Crippen LogP contribution in [0.3, 0.4) is 0 Å². The van der Waals surface area contributed by atoms with E-state index in [1.165, 1.54) is 6.07 Å². The van der Waals surface area contributed by atoms with E-state index in [9.17, 15) is 4.39 Å². The molecule has 84 valence electrons. The lowest BCUT2D eigenvalue weighted by atomic mass is 10.2. The van der Waals surface area contributed by atoms with Gasteiger partial charge in [0, 0.05) is 11.1 Å². The first-order chi connectivity index (χ1) is 7.24. The number of aliphatic hydroxyl groups excluding tert-OH is 1. The molecule has 1 aromatic rings. The van der Waals surface area contributed by atoms with Crippen molar-refractivity contribution in [3.63, 3.8) is 0 Å². The first-order valence-corrected chi connectivity index (χ1v) is 5.72. The molecule has 0 bridgehead atoms. The predicted octanol–water partition coefficient (Wildman–Crippen LogP) is 3.13. The van der Waals surface area contributed by atoms with Gasteiger partial charge in [0.2, 0.25) is 0 Å². The maximum absolute atomic E-state index is 13.2. The molecule has 0 aromatic heterocycles. The number of hydrogen-bond donors (Lipinski definition) is 1. The van der Waals surface area contributed by atoms with Crippen molar-refractivity contribution in [3.8, 4) is 5.75 Å². The Labute approximate surface area is 97.2 Å². The van der Waals surface area contributed by atoms with Crippen molar-refractivity contribution in [1.29, 1.82) is 0 Å². The Morgan fingerprint density at radius 2 is 2.07 bits per heavy atom. The molecule has 1 N–H and O–H groups in total. The summed E-state index contributed by atoms with van der Waals surface area (Å²) in [6.45, 7) is 0.679. The summed E-state index contributed by atoms with van der Waals surface area (Å²) < 4.78 is 19.2. The molecule has 0 spiro atoms. The summed E-state index contributed by atoms with van der Waals surface area (Å²) in [6.07, 6.45) is 2.49. The van der Waals surface area contributed by atoms with Gasteiger partial charge in [-0.05, 0) is 37.5 Å². The molecular formula is C11H14BrFO2. The van der Waals surface area contributed by atoms with Gasteiger partial charge in [0.25, 0.3) is 0 Å². The van der Waals surface area contributed by atoms with Crippen LogP contribution in [-0.2, 0) is 0 Å². The van der Waals surface area contributed by atoms with Crippen molar-refractivity contribution in [2.24, 2.45) is 0 Å². The molecule has 2 nitrogen and oxygen atoms in total. The zero-order valence-electron chi connectivity index (χ0n) is 8.38. The molecule has 0 radical (unpaired) electrons. The number of unbranched alkanes of at least 4 members (excludes halogenated alkanes) is 2. The number of benzene rings is 1. The van der Waals surface area contributed by atoms with Crippen LogP contribution in [0.15, 0.2) is 22.7 Å². The van der Waals surface area contributed by atoms with E-state index >= 15 is 0 Å². The van der Waals surface area contributed by atoms with Crippen molar-refractivity contribution >= 4 is 15.9 Å². The standard InChI is InChI=1S/C11H14BrFO2/c12-9-4-5-10(13)11(8-9)15-7-3-1-2-6-14/h4-5,8,14H,1-3,6-7H2. The van der Waals surface area contributed by atoms with Gasteiger partial charge in [-0.25, -0.2) is 4.39 Å². The van der Waals surface area contributed by atoms with Crippen molar-refractivity contribution in [1.82, 2.24) is 0 Å². The minimum Gasteiger partial charge on any atom is -0.490 e. The van der Waals surface area contributed by atoms with Gasteiger partial charge in [-0.1, -0.05) is 15.9 Å². The Bertz CT molecular complexity index is 305. The minimum atomic E-state index is -0.347. The topological polar surface area (TPSA) is 29.5 Å². The molecule has 0 heterocycles. The van der Waals surface area contributed by atoms with Crippen LogP contribution in [0.4, 0.5) is 4.39 Å². The third-order valence-corrected chi connectivity index (χ3v) is 2.45. The van der Waals surface area contributed by atoms with Crippen LogP contribution < -0.4 is 4.74 Å². The maximum atomic E-state index is 13.2. The van der Waals surface area contributed by atoms with Gasteiger partial charge < -0.3 is 9.84 Å². The van der Waals surface area contributed by atoms with Crippen LogP contribution in [0.2, 0.25) is 0 Å². The van der Waals surface area contributed by atoms with E-state index in [1.54, 1.807) is 12.1 Å². The van der Waals surface area contributed by atoms with Gasteiger partial charge in [-0.3, -0.25) is 0 Å². The molecule has 0 fully saturated rings. The molecule has 0 atom stereocenters. The van der Waals surface area contributed by atoms with Crippen LogP contribution in [0.25, 0.3) is 0 Å². The summed E-state index contributed by atoms with van der Waals surface area (Å²) in [7, 11) is 0. The smallest absolute Gasteiger partial charge is 0.165 e. The molecule has 0 aliphatic carbocycles. The lowest BCUT2D eigenvalue weighted by Crippen LogP contribution is -1.99. The molecule has 4 heteroatoms. The second-order valence-corrected chi connectivity index (χ2v) is 4.12. The van der Waals surface area contributed by atoms with Crippen LogP contribution in [-0.4, -0.2) is 18.3 Å². The Hall–Kier alpha value is -0.610. The maximum Gasteiger partial charge on any atom is 0.165 e. The summed E-state index contributed by atoms with van der Waals surface area (Å²) in [6, 6.07) is 4.61. The average Bonchev–Trinajstić information content (AvgIpc) is 2.23. The first kappa shape index (κ1) is 12.5. The fraction of sp³-hybridized carbons (Fsp3) is 0.455. The van der Waals surface area contributed by atoms with E-state index in [4.69, 9.17) is 9.84 Å². The van der Waals surface area contributed by atoms with E-state index in [-0.39, 0.29) is 18.2 Å². The van der Waals surface area contributed by atoms with Crippen LogP contribution in [0.1, 0.15) is 19.3 Å². The van der Waals surface area contributed by atoms with Crippen LogP contribution in [0.5, 0.6) is 5.75 Å². The van der Waals surface area contributed by atoms with Gasteiger partial charge in [0.1, 0.15) is 0 Å². The number of ether oxygens (including phenoxy) is 1. The van der Waals surface area contributed by atoms with E-state index in [1.807, 2.05) is 0 Å². The normalized spacial score (nSPS) is 10.3. The SMILES string of the molecule is OCCCCCOc1cc(Br)ccc1F. The Morgan fingerprint density at radius 1 is 1.27 bits per heavy atom. The summed E-state index contributed by atoms with van der Waals surface area (Å²) >= 11 is 3.25. The molecule has 0 saturated heterocycles. The lowest BCUT2D eigenvalue weighted by Gasteiger charge is -2.07. The number of halogens is 2. The lowest BCUT2D eigenvalue weighted by molar-refractivity contribution is 0.261. The van der Waals surface area contributed by atoms with Gasteiger partial charge in [0.15, 0.2) is 11.6 Å². The number of rotatable bonds is 6. The molecule has 0 aliphatic heterocycles. The second kappa shape index (κ2) is 6.80. The molecule has 1 aromatic carbocycles. The second-order valence-electron chi connectivity index (χ2n) is 3.21. The molecule has 0 amide bonds. The highest BCUT2D eigenvalue weighted by Crippen LogP contribution is 2.22. The highest BCUT2D eigenvalue weighted by Gasteiger charge is 2.03. The summed E-state index contributed by atoms with van der Waals surface area (Å²) in [5, 5.41) is 8.56. The van der Waals surface area contributed by atoms with Crippen molar-refractivity contribution in [2.75, 3.05) is 13.2 Å². The molecule has 0 unspecified atom stereocenters. The highest BCUT2D eigenvalue weighted by atomic mass is 79.9. The zero-order chi connectivity index (χ0) is 11.1.